The number of unbranched alkanes of at least 4 members (excludes halogenated alkanes) is 1. The number of hydrogen-bond acceptors (Lipinski definition) is 3. The summed E-state index contributed by atoms with van der Waals surface area (Å²) < 4.78 is 0. The molecule has 1 aromatic rings. The summed E-state index contributed by atoms with van der Waals surface area (Å²) in [5, 5.41) is 3.49. The van der Waals surface area contributed by atoms with Crippen LogP contribution in [0.2, 0.25) is 0 Å². The molecule has 3 heteroatoms. The fourth-order valence-electron chi connectivity index (χ4n) is 2.30. The fraction of sp³-hybridized carbons (Fsp3) is 0.750. The first-order valence-corrected chi connectivity index (χ1v) is 8.55. The van der Waals surface area contributed by atoms with Crippen molar-refractivity contribution < 1.29 is 0 Å². The molecule has 2 nitrogen and oxygen atoms in total. The number of hydrogen-bond donors (Lipinski definition) is 1. The van der Waals surface area contributed by atoms with E-state index in [0.717, 1.165) is 19.1 Å². The van der Waals surface area contributed by atoms with Crippen LogP contribution in [0.25, 0.3) is 0 Å². The summed E-state index contributed by atoms with van der Waals surface area (Å²) in [7, 11) is 0. The lowest BCUT2D eigenvalue weighted by Crippen LogP contribution is -2.26. The monoisotopic (exact) mass is 280 g/mol. The van der Waals surface area contributed by atoms with Gasteiger partial charge in [-0.3, -0.25) is 4.90 Å². The van der Waals surface area contributed by atoms with E-state index in [1.54, 1.807) is 0 Å². The highest BCUT2D eigenvalue weighted by molar-refractivity contribution is 7.11. The number of nitrogens with zero attached hydrogens (tertiary/aromatic N) is 1. The third kappa shape index (κ3) is 5.25. The second kappa shape index (κ2) is 7.41. The van der Waals surface area contributed by atoms with Crippen molar-refractivity contribution in [2.45, 2.75) is 71.6 Å². The van der Waals surface area contributed by atoms with Crippen molar-refractivity contribution in [2.24, 2.45) is 0 Å². The van der Waals surface area contributed by atoms with Crippen LogP contribution in [0.5, 0.6) is 0 Å². The van der Waals surface area contributed by atoms with Crippen molar-refractivity contribution in [3.8, 4) is 0 Å². The molecule has 19 heavy (non-hydrogen) atoms. The summed E-state index contributed by atoms with van der Waals surface area (Å²) in [6.07, 6.45) is 5.47. The van der Waals surface area contributed by atoms with Gasteiger partial charge in [-0.25, -0.2) is 0 Å². The van der Waals surface area contributed by atoms with Crippen molar-refractivity contribution in [1.29, 1.82) is 0 Å². The Hall–Kier alpha value is -0.380. The average Bonchev–Trinajstić information content (AvgIpc) is 3.13. The van der Waals surface area contributed by atoms with E-state index in [1.165, 1.54) is 42.0 Å². The molecule has 1 aromatic heterocycles. The molecule has 108 valence electrons. The normalized spacial score (nSPS) is 15.6. The molecule has 1 aliphatic rings. The van der Waals surface area contributed by atoms with Gasteiger partial charge in [0.25, 0.3) is 0 Å². The first kappa shape index (κ1) is 15.0. The van der Waals surface area contributed by atoms with Gasteiger partial charge >= 0.3 is 0 Å². The van der Waals surface area contributed by atoms with E-state index in [4.69, 9.17) is 0 Å². The zero-order valence-electron chi connectivity index (χ0n) is 12.6. The lowest BCUT2D eigenvalue weighted by Gasteiger charge is -2.20. The third-order valence-corrected chi connectivity index (χ3v) is 4.69. The minimum atomic E-state index is 0.568. The van der Waals surface area contributed by atoms with Crippen LogP contribution in [-0.4, -0.2) is 23.5 Å². The maximum atomic E-state index is 3.49. The Morgan fingerprint density at radius 3 is 2.68 bits per heavy atom. The third-order valence-electron chi connectivity index (χ3n) is 3.62. The van der Waals surface area contributed by atoms with Gasteiger partial charge in [0.15, 0.2) is 0 Å². The van der Waals surface area contributed by atoms with Crippen LogP contribution in [0.3, 0.4) is 0 Å². The highest BCUT2D eigenvalue weighted by Crippen LogP contribution is 2.30. The molecule has 0 atom stereocenters. The van der Waals surface area contributed by atoms with Gasteiger partial charge < -0.3 is 5.32 Å². The van der Waals surface area contributed by atoms with E-state index in [1.807, 2.05) is 11.3 Å². The largest absolute Gasteiger partial charge is 0.310 e. The smallest absolute Gasteiger partial charge is 0.0330 e. The van der Waals surface area contributed by atoms with E-state index in [2.05, 4.69) is 43.1 Å². The molecule has 0 amide bonds. The van der Waals surface area contributed by atoms with Crippen molar-refractivity contribution >= 4 is 11.3 Å². The van der Waals surface area contributed by atoms with Crippen LogP contribution < -0.4 is 5.32 Å². The topological polar surface area (TPSA) is 15.3 Å². The highest BCUT2D eigenvalue weighted by Gasteiger charge is 2.28. The maximum Gasteiger partial charge on any atom is 0.0330 e. The zero-order chi connectivity index (χ0) is 13.7. The van der Waals surface area contributed by atoms with Crippen LogP contribution in [0.4, 0.5) is 0 Å². The minimum Gasteiger partial charge on any atom is -0.310 e. The Balaban J connectivity index is 1.83. The molecule has 2 rings (SSSR count). The van der Waals surface area contributed by atoms with Gasteiger partial charge in [0, 0.05) is 34.9 Å². The summed E-state index contributed by atoms with van der Waals surface area (Å²) in [6, 6.07) is 6.06. The molecular weight excluding hydrogens is 252 g/mol. The number of nitrogens with one attached hydrogen (secondary N) is 1. The molecule has 1 N–H and O–H groups in total. The SMILES string of the molecule is CCCCN(Cc1ccc(CNC(C)C)s1)C1CC1. The molecule has 0 bridgehead atoms. The quantitative estimate of drug-likeness (QED) is 0.735. The molecule has 0 unspecified atom stereocenters. The summed E-state index contributed by atoms with van der Waals surface area (Å²) >= 11 is 1.98. The molecule has 0 aromatic carbocycles. The predicted octanol–water partition coefficient (Wildman–Crippen LogP) is 4.01. The molecule has 0 spiro atoms. The lowest BCUT2D eigenvalue weighted by molar-refractivity contribution is 0.253. The Morgan fingerprint density at radius 2 is 2.05 bits per heavy atom. The van der Waals surface area contributed by atoms with Crippen LogP contribution in [0.1, 0.15) is 56.2 Å². The van der Waals surface area contributed by atoms with Crippen LogP contribution >= 0.6 is 11.3 Å². The van der Waals surface area contributed by atoms with Gasteiger partial charge in [-0.1, -0.05) is 27.2 Å². The van der Waals surface area contributed by atoms with Crippen molar-refractivity contribution in [3.05, 3.63) is 21.9 Å². The Labute approximate surface area is 122 Å². The highest BCUT2D eigenvalue weighted by atomic mass is 32.1. The molecule has 0 radical (unpaired) electrons. The summed E-state index contributed by atoms with van der Waals surface area (Å²) in [5.74, 6) is 0. The standard InChI is InChI=1S/C16H28N2S/c1-4-5-10-18(14-6-7-14)12-16-9-8-15(19-16)11-17-13(2)3/h8-9,13-14,17H,4-7,10-12H2,1-3H3. The Bertz CT molecular complexity index is 369. The van der Waals surface area contributed by atoms with Crippen molar-refractivity contribution in [2.75, 3.05) is 6.54 Å². The zero-order valence-corrected chi connectivity index (χ0v) is 13.4. The van der Waals surface area contributed by atoms with Gasteiger partial charge in [0.05, 0.1) is 0 Å². The Kier molecular flexibility index (Phi) is 5.86. The first-order chi connectivity index (χ1) is 9.19. The van der Waals surface area contributed by atoms with Crippen molar-refractivity contribution in [3.63, 3.8) is 0 Å². The summed E-state index contributed by atoms with van der Waals surface area (Å²) in [5.41, 5.74) is 0. The van der Waals surface area contributed by atoms with E-state index in [9.17, 15) is 0 Å². The minimum absolute atomic E-state index is 0.568. The molecule has 1 heterocycles. The lowest BCUT2D eigenvalue weighted by atomic mass is 10.3. The second-order valence-corrected chi connectivity index (χ2v) is 7.21. The molecule has 1 aliphatic carbocycles. The maximum absolute atomic E-state index is 3.49. The van der Waals surface area contributed by atoms with Crippen LogP contribution in [0.15, 0.2) is 12.1 Å². The molecular formula is C16H28N2S. The number of thiophene rings is 1. The van der Waals surface area contributed by atoms with Crippen LogP contribution in [-0.2, 0) is 13.1 Å². The van der Waals surface area contributed by atoms with Gasteiger partial charge in [-0.15, -0.1) is 11.3 Å². The average molecular weight is 280 g/mol. The molecule has 0 aliphatic heterocycles. The van der Waals surface area contributed by atoms with Crippen LogP contribution in [0, 0.1) is 0 Å². The van der Waals surface area contributed by atoms with E-state index >= 15 is 0 Å². The molecule has 1 saturated carbocycles. The molecule has 0 saturated heterocycles. The first-order valence-electron chi connectivity index (χ1n) is 7.74. The number of rotatable bonds is 9. The summed E-state index contributed by atoms with van der Waals surface area (Å²) in [6.45, 7) is 10.1. The van der Waals surface area contributed by atoms with E-state index < -0.39 is 0 Å². The van der Waals surface area contributed by atoms with E-state index in [0.29, 0.717) is 6.04 Å². The van der Waals surface area contributed by atoms with Gasteiger partial charge in [0.1, 0.15) is 0 Å². The predicted molar refractivity (Wildman–Crippen MR) is 84.6 cm³/mol. The van der Waals surface area contributed by atoms with Crippen molar-refractivity contribution in [1.82, 2.24) is 10.2 Å². The Morgan fingerprint density at radius 1 is 1.32 bits per heavy atom. The fourth-order valence-corrected chi connectivity index (χ4v) is 3.29. The summed E-state index contributed by atoms with van der Waals surface area (Å²) in [4.78, 5) is 5.69. The molecule has 1 fully saturated rings. The van der Waals surface area contributed by atoms with Gasteiger partial charge in [-0.2, -0.15) is 0 Å². The van der Waals surface area contributed by atoms with E-state index in [-0.39, 0.29) is 0 Å². The van der Waals surface area contributed by atoms with Gasteiger partial charge in [0.2, 0.25) is 0 Å². The second-order valence-electron chi connectivity index (χ2n) is 5.96. The van der Waals surface area contributed by atoms with Gasteiger partial charge in [-0.05, 0) is 37.9 Å².